The van der Waals surface area contributed by atoms with Crippen molar-refractivity contribution in [3.63, 3.8) is 0 Å². The highest BCUT2D eigenvalue weighted by atomic mass is 16.5. The molecular formula is C15H22O2. The molecule has 0 unspecified atom stereocenters. The van der Waals surface area contributed by atoms with E-state index in [0.29, 0.717) is 11.8 Å². The molecule has 0 aromatic carbocycles. The van der Waals surface area contributed by atoms with Crippen molar-refractivity contribution in [1.82, 2.24) is 0 Å². The van der Waals surface area contributed by atoms with Gasteiger partial charge in [0.05, 0.1) is 18.5 Å². The Balaban J connectivity index is 1.70. The van der Waals surface area contributed by atoms with Gasteiger partial charge in [-0.1, -0.05) is 0 Å². The van der Waals surface area contributed by atoms with Gasteiger partial charge in [0.15, 0.2) is 0 Å². The lowest BCUT2D eigenvalue weighted by molar-refractivity contribution is -0.153. The monoisotopic (exact) mass is 234 g/mol. The first-order valence-corrected chi connectivity index (χ1v) is 7.30. The summed E-state index contributed by atoms with van der Waals surface area (Å²) in [5.41, 5.74) is 0.728. The van der Waals surface area contributed by atoms with Gasteiger partial charge in [0, 0.05) is 0 Å². The first-order chi connectivity index (χ1) is 8.27. The molecule has 17 heavy (non-hydrogen) atoms. The zero-order chi connectivity index (χ0) is 11.5. The van der Waals surface area contributed by atoms with E-state index in [9.17, 15) is 5.11 Å². The maximum atomic E-state index is 11.3. The number of hydrogen-bond acceptors (Lipinski definition) is 2. The molecule has 0 spiro atoms. The molecule has 0 radical (unpaired) electrons. The number of aliphatic hydroxyl groups is 1. The van der Waals surface area contributed by atoms with E-state index in [4.69, 9.17) is 4.74 Å². The summed E-state index contributed by atoms with van der Waals surface area (Å²) in [6, 6.07) is 0. The van der Waals surface area contributed by atoms with E-state index in [-0.39, 0.29) is 0 Å². The zero-order valence-electron chi connectivity index (χ0n) is 10.4. The van der Waals surface area contributed by atoms with Crippen molar-refractivity contribution >= 4 is 0 Å². The third kappa shape index (κ3) is 1.36. The van der Waals surface area contributed by atoms with Gasteiger partial charge in [-0.15, -0.1) is 0 Å². The maximum Gasteiger partial charge on any atom is 0.0945 e. The molecule has 2 heteroatoms. The van der Waals surface area contributed by atoms with Crippen LogP contribution in [0.25, 0.3) is 0 Å². The van der Waals surface area contributed by atoms with Crippen LogP contribution >= 0.6 is 0 Å². The van der Waals surface area contributed by atoms with Crippen molar-refractivity contribution in [1.29, 1.82) is 0 Å². The summed E-state index contributed by atoms with van der Waals surface area (Å²) in [7, 11) is 0. The van der Waals surface area contributed by atoms with Gasteiger partial charge in [0.25, 0.3) is 0 Å². The molecule has 2 nitrogen and oxygen atoms in total. The molecule has 4 aliphatic carbocycles. The van der Waals surface area contributed by atoms with Crippen LogP contribution in [0.2, 0.25) is 0 Å². The fraction of sp³-hybridized carbons (Fsp3) is 0.867. The quantitative estimate of drug-likeness (QED) is 0.756. The van der Waals surface area contributed by atoms with E-state index >= 15 is 0 Å². The molecule has 0 aromatic heterocycles. The standard InChI is InChI=1S/C15H22O2/c16-15(12-2-1-3-17-9-12)13-5-10-4-11(7-13)8-14(15)6-10/h9-11,13-14,16H,1-8H2. The number of ether oxygens (including phenoxy) is 1. The maximum absolute atomic E-state index is 11.3. The van der Waals surface area contributed by atoms with Crippen molar-refractivity contribution in [2.24, 2.45) is 23.7 Å². The first-order valence-electron chi connectivity index (χ1n) is 7.30. The molecule has 1 N–H and O–H groups in total. The molecule has 0 amide bonds. The Morgan fingerprint density at radius 2 is 1.71 bits per heavy atom. The zero-order valence-corrected chi connectivity index (χ0v) is 10.4. The minimum absolute atomic E-state index is 0.492. The highest BCUT2D eigenvalue weighted by Crippen LogP contribution is 2.60. The molecule has 5 aliphatic rings. The highest BCUT2D eigenvalue weighted by Gasteiger charge is 2.58. The normalized spacial score (nSPS) is 52.2. The van der Waals surface area contributed by atoms with Crippen LogP contribution in [0.5, 0.6) is 0 Å². The van der Waals surface area contributed by atoms with Crippen LogP contribution in [-0.2, 0) is 4.74 Å². The smallest absolute Gasteiger partial charge is 0.0945 e. The van der Waals surface area contributed by atoms with Crippen molar-refractivity contribution < 1.29 is 9.84 Å². The lowest BCUT2D eigenvalue weighted by Gasteiger charge is -2.59. The summed E-state index contributed by atoms with van der Waals surface area (Å²) in [5.74, 6) is 2.91. The van der Waals surface area contributed by atoms with Crippen LogP contribution in [0.15, 0.2) is 11.8 Å². The van der Waals surface area contributed by atoms with Crippen LogP contribution in [0, 0.1) is 23.7 Å². The minimum atomic E-state index is -0.492. The minimum Gasteiger partial charge on any atom is -0.501 e. The lowest BCUT2D eigenvalue weighted by atomic mass is 9.48. The van der Waals surface area contributed by atoms with Gasteiger partial charge in [0.2, 0.25) is 0 Å². The van der Waals surface area contributed by atoms with Crippen LogP contribution in [0.3, 0.4) is 0 Å². The van der Waals surface area contributed by atoms with Gasteiger partial charge < -0.3 is 9.84 Å². The van der Waals surface area contributed by atoms with E-state index in [0.717, 1.165) is 31.3 Å². The van der Waals surface area contributed by atoms with Crippen molar-refractivity contribution in [3.05, 3.63) is 11.8 Å². The number of rotatable bonds is 1. The van der Waals surface area contributed by atoms with Gasteiger partial charge in [-0.3, -0.25) is 0 Å². The molecule has 94 valence electrons. The Kier molecular flexibility index (Phi) is 2.15. The van der Waals surface area contributed by atoms with Crippen LogP contribution in [-0.4, -0.2) is 17.3 Å². The molecule has 4 bridgehead atoms. The summed E-state index contributed by atoms with van der Waals surface area (Å²) in [5, 5.41) is 11.3. The molecular weight excluding hydrogens is 212 g/mol. The molecule has 1 heterocycles. The van der Waals surface area contributed by atoms with E-state index in [2.05, 4.69) is 0 Å². The highest BCUT2D eigenvalue weighted by molar-refractivity contribution is 5.25. The van der Waals surface area contributed by atoms with E-state index in [1.807, 2.05) is 6.26 Å². The molecule has 1 aliphatic heterocycles. The Labute approximate surface area is 103 Å². The molecule has 4 fully saturated rings. The second-order valence-electron chi connectivity index (χ2n) is 6.75. The van der Waals surface area contributed by atoms with Crippen LogP contribution in [0.1, 0.15) is 44.9 Å². The van der Waals surface area contributed by atoms with Gasteiger partial charge in [0.1, 0.15) is 0 Å². The Morgan fingerprint density at radius 1 is 1.06 bits per heavy atom. The van der Waals surface area contributed by atoms with Crippen molar-refractivity contribution in [2.75, 3.05) is 6.61 Å². The summed E-state index contributed by atoms with van der Waals surface area (Å²) >= 11 is 0. The number of hydrogen-bond donors (Lipinski definition) is 1. The van der Waals surface area contributed by atoms with E-state index in [1.54, 1.807) is 0 Å². The second kappa shape index (κ2) is 3.50. The van der Waals surface area contributed by atoms with Crippen LogP contribution < -0.4 is 0 Å². The van der Waals surface area contributed by atoms with Crippen molar-refractivity contribution in [2.45, 2.75) is 50.5 Å². The average Bonchev–Trinajstić information content (AvgIpc) is 2.36. The molecule has 4 saturated carbocycles. The Morgan fingerprint density at radius 3 is 2.24 bits per heavy atom. The molecule has 0 aromatic rings. The average molecular weight is 234 g/mol. The second-order valence-corrected chi connectivity index (χ2v) is 6.75. The van der Waals surface area contributed by atoms with E-state index in [1.165, 1.54) is 37.7 Å². The van der Waals surface area contributed by atoms with E-state index < -0.39 is 5.60 Å². The largest absolute Gasteiger partial charge is 0.501 e. The Hall–Kier alpha value is -0.500. The summed E-state index contributed by atoms with van der Waals surface area (Å²) in [6.07, 6.45) is 10.5. The summed E-state index contributed by atoms with van der Waals surface area (Å²) in [4.78, 5) is 0. The van der Waals surface area contributed by atoms with Gasteiger partial charge in [-0.2, -0.15) is 0 Å². The fourth-order valence-electron chi connectivity index (χ4n) is 5.29. The fourth-order valence-corrected chi connectivity index (χ4v) is 5.29. The first kappa shape index (κ1) is 10.4. The Bertz CT molecular complexity index is 330. The third-order valence-corrected chi connectivity index (χ3v) is 5.83. The molecule has 0 atom stereocenters. The predicted octanol–water partition coefficient (Wildman–Crippen LogP) is 2.87. The topological polar surface area (TPSA) is 29.5 Å². The summed E-state index contributed by atoms with van der Waals surface area (Å²) < 4.78 is 5.48. The lowest BCUT2D eigenvalue weighted by Crippen LogP contribution is -2.58. The molecule has 5 rings (SSSR count). The van der Waals surface area contributed by atoms with Gasteiger partial charge in [-0.05, 0) is 74.2 Å². The van der Waals surface area contributed by atoms with Gasteiger partial charge in [-0.25, -0.2) is 0 Å². The van der Waals surface area contributed by atoms with Crippen LogP contribution in [0.4, 0.5) is 0 Å². The summed E-state index contributed by atoms with van der Waals surface area (Å²) in [6.45, 7) is 0.833. The predicted molar refractivity (Wildman–Crippen MR) is 65.3 cm³/mol. The van der Waals surface area contributed by atoms with Gasteiger partial charge >= 0.3 is 0 Å². The molecule has 0 saturated heterocycles. The SMILES string of the molecule is OC1(C2=COCCC2)C2CC3CC(C2)CC1C3. The third-order valence-electron chi connectivity index (χ3n) is 5.83. The van der Waals surface area contributed by atoms with Crippen molar-refractivity contribution in [3.8, 4) is 0 Å².